The molecule has 3 N–H and O–H groups in total. The summed E-state index contributed by atoms with van der Waals surface area (Å²) in [6.45, 7) is 5.47. The molecule has 4 bridgehead atoms. The molecule has 3 saturated heterocycles. The van der Waals surface area contributed by atoms with Gasteiger partial charge in [-0.25, -0.2) is 8.78 Å². The second-order valence-corrected chi connectivity index (χ2v) is 15.2. The molecule has 3 aromatic carbocycles. The zero-order chi connectivity index (χ0) is 32.9. The molecule has 5 atom stereocenters. The lowest BCUT2D eigenvalue weighted by atomic mass is 9.91. The van der Waals surface area contributed by atoms with Crippen molar-refractivity contribution < 1.29 is 23.7 Å². The lowest BCUT2D eigenvalue weighted by molar-refractivity contribution is -0.0217. The Balaban J connectivity index is 1.11. The standard InChI is InChI=1S/C38H39F2N5O3/c1-3-21-5-4-6-22-11-27(46)13-28(31(21)22)32-30(39)14-29-34(33(32)40)42-36(43-35(29)44-17-24-7-8-25(18-44)41-24)48-20-38(9-10-38)19-45-16-23-12-26(45)15-37(23,2)47/h1,4-6,11,13-14,23-26,41,46-47H,7-10,12,15-20H2,2H3. The van der Waals surface area contributed by atoms with Gasteiger partial charge in [0.15, 0.2) is 5.82 Å². The average Bonchev–Trinajstić information content (AvgIpc) is 3.43. The molecule has 0 spiro atoms. The molecule has 2 aliphatic carbocycles. The van der Waals surface area contributed by atoms with Crippen molar-refractivity contribution in [1.29, 1.82) is 0 Å². The fourth-order valence-electron chi connectivity index (χ4n) is 9.07. The van der Waals surface area contributed by atoms with Crippen molar-refractivity contribution in [2.75, 3.05) is 37.7 Å². The van der Waals surface area contributed by atoms with E-state index in [4.69, 9.17) is 16.1 Å². The fourth-order valence-corrected chi connectivity index (χ4v) is 9.07. The van der Waals surface area contributed by atoms with Crippen molar-refractivity contribution in [1.82, 2.24) is 20.2 Å². The van der Waals surface area contributed by atoms with Gasteiger partial charge in [-0.1, -0.05) is 18.1 Å². The van der Waals surface area contributed by atoms with Crippen LogP contribution in [0.25, 0.3) is 32.8 Å². The first kappa shape index (κ1) is 30.1. The second-order valence-electron chi connectivity index (χ2n) is 15.2. The number of benzene rings is 3. The number of fused-ring (bicyclic) bond motifs is 6. The first-order valence-electron chi connectivity index (χ1n) is 17.1. The van der Waals surface area contributed by atoms with Crippen LogP contribution in [0.4, 0.5) is 14.6 Å². The summed E-state index contributed by atoms with van der Waals surface area (Å²) in [5.74, 6) is 1.63. The molecule has 5 aliphatic rings. The molecule has 9 rings (SSSR count). The Morgan fingerprint density at radius 3 is 2.58 bits per heavy atom. The number of terminal acetylenes is 1. The lowest BCUT2D eigenvalue weighted by Gasteiger charge is -2.37. The van der Waals surface area contributed by atoms with Gasteiger partial charge in [-0.05, 0) is 75.1 Å². The smallest absolute Gasteiger partial charge is 0.319 e. The van der Waals surface area contributed by atoms with Crippen LogP contribution in [-0.2, 0) is 0 Å². The first-order chi connectivity index (χ1) is 23.1. The number of likely N-dealkylation sites (tertiary alicyclic amines) is 1. The number of nitrogens with zero attached hydrogens (tertiary/aromatic N) is 4. The Morgan fingerprint density at radius 2 is 1.90 bits per heavy atom. The summed E-state index contributed by atoms with van der Waals surface area (Å²) in [5, 5.41) is 26.2. The Kier molecular flexibility index (Phi) is 6.72. The summed E-state index contributed by atoms with van der Waals surface area (Å²) in [6.07, 6.45) is 11.8. The van der Waals surface area contributed by atoms with Gasteiger partial charge in [-0.3, -0.25) is 4.90 Å². The Hall–Kier alpha value is -4.04. The maximum atomic E-state index is 16.9. The number of rotatable bonds is 7. The van der Waals surface area contributed by atoms with E-state index in [1.165, 1.54) is 18.2 Å². The molecule has 5 unspecified atom stereocenters. The summed E-state index contributed by atoms with van der Waals surface area (Å²) in [5.41, 5.74) is -0.329. The minimum absolute atomic E-state index is 0.0316. The van der Waals surface area contributed by atoms with E-state index in [0.29, 0.717) is 53.8 Å². The predicted octanol–water partition coefficient (Wildman–Crippen LogP) is 5.36. The summed E-state index contributed by atoms with van der Waals surface area (Å²) >= 11 is 0. The number of aliphatic hydroxyl groups is 1. The summed E-state index contributed by atoms with van der Waals surface area (Å²) in [4.78, 5) is 14.1. The van der Waals surface area contributed by atoms with Crippen molar-refractivity contribution >= 4 is 27.5 Å². The highest BCUT2D eigenvalue weighted by molar-refractivity contribution is 6.04. The van der Waals surface area contributed by atoms with Gasteiger partial charge in [0.2, 0.25) is 0 Å². The monoisotopic (exact) mass is 651 g/mol. The molecule has 1 aromatic heterocycles. The highest BCUT2D eigenvalue weighted by Crippen LogP contribution is 2.51. The van der Waals surface area contributed by atoms with E-state index in [0.717, 1.165) is 51.6 Å². The van der Waals surface area contributed by atoms with Gasteiger partial charge < -0.3 is 25.2 Å². The highest BCUT2D eigenvalue weighted by atomic mass is 19.1. The number of piperazine rings is 1. The van der Waals surface area contributed by atoms with Crippen LogP contribution in [0.2, 0.25) is 0 Å². The third kappa shape index (κ3) is 4.89. The van der Waals surface area contributed by atoms with Crippen molar-refractivity contribution in [2.24, 2.45) is 11.3 Å². The van der Waals surface area contributed by atoms with Crippen LogP contribution in [0.5, 0.6) is 11.8 Å². The van der Waals surface area contributed by atoms with E-state index in [9.17, 15) is 10.2 Å². The molecule has 48 heavy (non-hydrogen) atoms. The maximum Gasteiger partial charge on any atom is 0.319 e. The van der Waals surface area contributed by atoms with Gasteiger partial charge in [0, 0.05) is 77.5 Å². The molecule has 10 heteroatoms. The molecule has 8 nitrogen and oxygen atoms in total. The minimum atomic E-state index is -0.850. The number of phenols is 1. The van der Waals surface area contributed by atoms with E-state index in [1.807, 2.05) is 6.92 Å². The predicted molar refractivity (Wildman–Crippen MR) is 180 cm³/mol. The topological polar surface area (TPSA) is 94.0 Å². The SMILES string of the molecule is C#Cc1cccc2cc(O)cc(-c3c(F)cc4c(N5CC6CCC(C5)N6)nc(OCC5(CN6CC7CC6CC7(C)O)CC5)nc4c3F)c12. The number of hydrogen-bond acceptors (Lipinski definition) is 8. The van der Waals surface area contributed by atoms with Crippen molar-refractivity contribution in [3.05, 3.63) is 53.6 Å². The zero-order valence-corrected chi connectivity index (χ0v) is 27.0. The third-order valence-electron chi connectivity index (χ3n) is 11.8. The van der Waals surface area contributed by atoms with Gasteiger partial charge in [0.25, 0.3) is 0 Å². The average molecular weight is 652 g/mol. The van der Waals surface area contributed by atoms with Crippen LogP contribution in [0.3, 0.4) is 0 Å². The first-order valence-corrected chi connectivity index (χ1v) is 17.1. The van der Waals surface area contributed by atoms with Crippen LogP contribution in [0.15, 0.2) is 36.4 Å². The van der Waals surface area contributed by atoms with Gasteiger partial charge in [0.1, 0.15) is 22.9 Å². The molecule has 0 amide bonds. The molecule has 4 heterocycles. The summed E-state index contributed by atoms with van der Waals surface area (Å²) in [7, 11) is 0. The number of ether oxygens (including phenoxy) is 1. The molecule has 248 valence electrons. The number of nitrogens with one attached hydrogen (secondary N) is 1. The fraction of sp³-hybridized carbons (Fsp3) is 0.474. The van der Waals surface area contributed by atoms with Gasteiger partial charge in [-0.15, -0.1) is 6.42 Å². The Morgan fingerprint density at radius 1 is 1.10 bits per heavy atom. The number of hydrogen-bond donors (Lipinski definition) is 3. The lowest BCUT2D eigenvalue weighted by Crippen LogP contribution is -2.51. The molecular weight excluding hydrogens is 612 g/mol. The van der Waals surface area contributed by atoms with Crippen LogP contribution in [0.1, 0.15) is 51.0 Å². The quantitative estimate of drug-likeness (QED) is 0.230. The molecular formula is C38H39F2N5O3. The number of anilines is 1. The van der Waals surface area contributed by atoms with E-state index in [-0.39, 0.29) is 51.3 Å². The van der Waals surface area contributed by atoms with E-state index >= 15 is 8.78 Å². The molecule has 4 aromatic rings. The van der Waals surface area contributed by atoms with Crippen LogP contribution in [-0.4, -0.2) is 81.6 Å². The Bertz CT molecular complexity index is 2010. The highest BCUT2D eigenvalue weighted by Gasteiger charge is 2.54. The normalized spacial score (nSPS) is 28.8. The number of phenolic OH excluding ortho intramolecular Hbond substituents is 1. The molecule has 0 radical (unpaired) electrons. The van der Waals surface area contributed by atoms with E-state index in [1.54, 1.807) is 18.2 Å². The minimum Gasteiger partial charge on any atom is -0.508 e. The Labute approximate surface area is 278 Å². The molecule has 3 aliphatic heterocycles. The van der Waals surface area contributed by atoms with Crippen LogP contribution >= 0.6 is 0 Å². The number of halogens is 2. The summed E-state index contributed by atoms with van der Waals surface area (Å²) < 4.78 is 39.6. The van der Waals surface area contributed by atoms with Crippen molar-refractivity contribution in [3.8, 4) is 35.2 Å². The van der Waals surface area contributed by atoms with Gasteiger partial charge in [-0.2, -0.15) is 9.97 Å². The van der Waals surface area contributed by atoms with Crippen molar-refractivity contribution in [2.45, 2.75) is 69.2 Å². The van der Waals surface area contributed by atoms with E-state index in [2.05, 4.69) is 26.0 Å². The third-order valence-corrected chi connectivity index (χ3v) is 11.8. The molecule has 2 saturated carbocycles. The zero-order valence-electron chi connectivity index (χ0n) is 27.0. The largest absolute Gasteiger partial charge is 0.508 e. The van der Waals surface area contributed by atoms with E-state index < -0.39 is 17.2 Å². The number of aromatic nitrogens is 2. The van der Waals surface area contributed by atoms with Crippen LogP contribution < -0.4 is 15.0 Å². The van der Waals surface area contributed by atoms with Gasteiger partial charge >= 0.3 is 6.01 Å². The second kappa shape index (κ2) is 10.7. The van der Waals surface area contributed by atoms with Crippen LogP contribution in [0, 0.1) is 35.3 Å². The molecule has 5 fully saturated rings. The van der Waals surface area contributed by atoms with Crippen molar-refractivity contribution in [3.63, 3.8) is 0 Å². The number of aromatic hydroxyl groups is 1. The maximum absolute atomic E-state index is 16.9. The van der Waals surface area contributed by atoms with Gasteiger partial charge in [0.05, 0.1) is 17.8 Å². The number of piperidine rings is 1. The summed E-state index contributed by atoms with van der Waals surface area (Å²) in [6, 6.07) is 10.4.